The van der Waals surface area contributed by atoms with Gasteiger partial charge in [-0.25, -0.2) is 0 Å². The van der Waals surface area contributed by atoms with E-state index in [9.17, 15) is 67.1 Å². The molecule has 0 bridgehead atoms. The summed E-state index contributed by atoms with van der Waals surface area (Å²) in [6.45, 7) is 42.0. The Bertz CT molecular complexity index is 2410. The molecule has 0 spiro atoms. The first kappa shape index (κ1) is 91.2. The number of ether oxygens (including phenoxy) is 2. The number of carbonyl (C=O) groups excluding carboxylic acids is 14. The Labute approximate surface area is 570 Å². The van der Waals surface area contributed by atoms with Crippen LogP contribution in [-0.2, 0) is 76.6 Å². The maximum atomic E-state index is 12.2. The SMILES string of the molecule is CC(C)C(=O)CCCCCN1C(=O)CC(C(C)C)C1=O.CC(C)C(=O)CCN1C(=O)CC(C(C)C)C1=O.CC(C)C(=O)COCCOCCNC(=O)CCN1C(=O)CC(C(C)C)C1=O.CC(C)CC(=O)NCCC(=O)C(C)C.CC(C)CC(=O)NCCCCCC(=O)C(C)C. The molecule has 3 N–H and O–H groups in total. The van der Waals surface area contributed by atoms with Gasteiger partial charge in [0.15, 0.2) is 5.78 Å². The van der Waals surface area contributed by atoms with Gasteiger partial charge in [-0.3, -0.25) is 81.8 Å². The van der Waals surface area contributed by atoms with Gasteiger partial charge in [0.05, 0.1) is 19.8 Å². The average Bonchev–Trinajstić information content (AvgIpc) is 1.71. The maximum absolute atomic E-state index is 12.2. The van der Waals surface area contributed by atoms with Crippen LogP contribution >= 0.6 is 0 Å². The molecule has 3 aliphatic rings. The molecular weight excluding hydrogens is 1220 g/mol. The normalized spacial score (nSPS) is 16.3. The number of Topliss-reactive ketones (excluding diaryl/α,β-unsaturated/α-hetero) is 5. The van der Waals surface area contributed by atoms with Crippen LogP contribution in [0.25, 0.3) is 0 Å². The summed E-state index contributed by atoms with van der Waals surface area (Å²) >= 11 is 0. The fourth-order valence-corrected chi connectivity index (χ4v) is 9.68. The smallest absolute Gasteiger partial charge is 0.233 e. The Balaban J connectivity index is 0. The molecular formula is C73H128N6O16. The van der Waals surface area contributed by atoms with Crippen LogP contribution in [0.15, 0.2) is 0 Å². The number of hydrogen-bond donors (Lipinski definition) is 3. The molecule has 546 valence electrons. The quantitative estimate of drug-likeness (QED) is 0.0379. The molecule has 0 aromatic heterocycles. The third-order valence-electron chi connectivity index (χ3n) is 16.4. The highest BCUT2D eigenvalue weighted by atomic mass is 16.5. The molecule has 3 fully saturated rings. The largest absolute Gasteiger partial charge is 0.377 e. The number of amides is 9. The molecule has 0 aromatic rings. The highest BCUT2D eigenvalue weighted by molar-refractivity contribution is 6.05. The van der Waals surface area contributed by atoms with Gasteiger partial charge in [0, 0.05) is 151 Å². The van der Waals surface area contributed by atoms with Crippen LogP contribution in [0.3, 0.4) is 0 Å². The van der Waals surface area contributed by atoms with Crippen LogP contribution in [0.2, 0.25) is 0 Å². The lowest BCUT2D eigenvalue weighted by Crippen LogP contribution is -2.36. The van der Waals surface area contributed by atoms with E-state index < -0.39 is 0 Å². The summed E-state index contributed by atoms with van der Waals surface area (Å²) in [5.41, 5.74) is 0. The third kappa shape index (κ3) is 41.1. The Morgan fingerprint density at radius 3 is 1.06 bits per heavy atom. The lowest BCUT2D eigenvalue weighted by molar-refractivity contribution is -0.142. The molecule has 0 aromatic carbocycles. The van der Waals surface area contributed by atoms with E-state index >= 15 is 0 Å². The van der Waals surface area contributed by atoms with E-state index in [2.05, 4.69) is 16.0 Å². The number of unbranched alkanes of at least 4 members (excludes halogenated alkanes) is 4. The first-order chi connectivity index (χ1) is 44.3. The minimum absolute atomic E-state index is 0.0109. The molecule has 3 heterocycles. The van der Waals surface area contributed by atoms with Gasteiger partial charge in [-0.15, -0.1) is 0 Å². The van der Waals surface area contributed by atoms with Crippen LogP contribution in [0.1, 0.15) is 241 Å². The topological polar surface area (TPSA) is 303 Å². The predicted molar refractivity (Wildman–Crippen MR) is 369 cm³/mol. The second-order valence-corrected chi connectivity index (χ2v) is 28.7. The number of hydrogen-bond acceptors (Lipinski definition) is 16. The first-order valence-corrected chi connectivity index (χ1v) is 35.4. The number of rotatable bonds is 41. The van der Waals surface area contributed by atoms with Crippen LogP contribution in [-0.4, -0.2) is 162 Å². The van der Waals surface area contributed by atoms with Crippen molar-refractivity contribution in [3.05, 3.63) is 0 Å². The summed E-state index contributed by atoms with van der Waals surface area (Å²) in [7, 11) is 0. The second-order valence-electron chi connectivity index (χ2n) is 28.7. The Morgan fingerprint density at radius 2 is 0.684 bits per heavy atom. The molecule has 0 aliphatic carbocycles. The fraction of sp³-hybridized carbons (Fsp3) is 0.808. The zero-order chi connectivity index (χ0) is 73.2. The number of nitrogens with one attached hydrogen (secondary N) is 3. The number of nitrogens with zero attached hydrogens (tertiary/aromatic N) is 3. The van der Waals surface area contributed by atoms with Crippen LogP contribution < -0.4 is 16.0 Å². The minimum atomic E-state index is -0.271. The number of imide groups is 3. The molecule has 22 nitrogen and oxygen atoms in total. The molecule has 3 rings (SSSR count). The van der Waals surface area contributed by atoms with Crippen molar-refractivity contribution < 1.29 is 76.6 Å². The van der Waals surface area contributed by atoms with Gasteiger partial charge in [0.1, 0.15) is 29.7 Å². The molecule has 0 saturated carbocycles. The van der Waals surface area contributed by atoms with Crippen LogP contribution in [0, 0.1) is 76.9 Å². The van der Waals surface area contributed by atoms with Crippen molar-refractivity contribution >= 4 is 82.1 Å². The Morgan fingerprint density at radius 1 is 0.347 bits per heavy atom. The van der Waals surface area contributed by atoms with Crippen molar-refractivity contribution in [2.24, 2.45) is 76.9 Å². The van der Waals surface area contributed by atoms with Gasteiger partial charge in [-0.05, 0) is 55.3 Å². The van der Waals surface area contributed by atoms with Crippen molar-refractivity contribution in [2.75, 3.05) is 65.7 Å². The van der Waals surface area contributed by atoms with Gasteiger partial charge in [0.2, 0.25) is 53.2 Å². The number of carbonyl (C=O) groups is 14. The Hall–Kier alpha value is -5.90. The summed E-state index contributed by atoms with van der Waals surface area (Å²) < 4.78 is 10.5. The zero-order valence-corrected chi connectivity index (χ0v) is 62.3. The average molecular weight is 1350 g/mol. The maximum Gasteiger partial charge on any atom is 0.233 e. The standard InChI is InChI=1S/C19H32N2O6.C16H27NO3.C14H27NO2.C13H21NO3.C11H21NO2/c1-13(2)15-11-18(24)21(19(15)25)7-5-17(23)20-6-8-26-9-10-27-12-16(22)14(3)4;1-11(2)13-10-15(19)17(16(13)20)9-7-5-6-8-14(18)12(3)4;1-11(2)10-14(17)15-9-7-5-6-8-13(16)12(3)4;1-8(2)10-7-12(16)14(13(10)17)6-5-11(15)9(3)4;1-8(2)7-11(14)12-6-5-10(13)9(3)4/h13-15H,5-12H2,1-4H3,(H,20,23);11-13H,5-10H2,1-4H3;11-12H,5-10H2,1-4H3,(H,15,17);8-10H,5-7H2,1-4H3;8-9H,5-7H2,1-4H3,(H,12,14). The van der Waals surface area contributed by atoms with E-state index in [-0.39, 0.29) is 180 Å². The number of ketones is 5. The van der Waals surface area contributed by atoms with Crippen molar-refractivity contribution in [2.45, 2.75) is 241 Å². The lowest BCUT2D eigenvalue weighted by Gasteiger charge is -2.16. The van der Waals surface area contributed by atoms with E-state index in [1.165, 1.54) is 14.7 Å². The first-order valence-electron chi connectivity index (χ1n) is 35.4. The van der Waals surface area contributed by atoms with E-state index in [1.54, 1.807) is 0 Å². The molecule has 3 aliphatic heterocycles. The molecule has 22 heteroatoms. The fourth-order valence-electron chi connectivity index (χ4n) is 9.68. The van der Waals surface area contributed by atoms with Crippen molar-refractivity contribution in [3.8, 4) is 0 Å². The molecule has 3 atom stereocenters. The van der Waals surface area contributed by atoms with Gasteiger partial charge in [-0.1, -0.05) is 151 Å². The van der Waals surface area contributed by atoms with Crippen LogP contribution in [0.4, 0.5) is 0 Å². The summed E-state index contributed by atoms with van der Waals surface area (Å²) in [6.07, 6.45) is 9.59. The zero-order valence-electron chi connectivity index (χ0n) is 62.3. The van der Waals surface area contributed by atoms with E-state index in [1.807, 2.05) is 138 Å². The minimum Gasteiger partial charge on any atom is -0.377 e. The highest BCUT2D eigenvalue weighted by Gasteiger charge is 2.42. The lowest BCUT2D eigenvalue weighted by atomic mass is 9.94. The summed E-state index contributed by atoms with van der Waals surface area (Å²) in [6, 6.07) is 0. The monoisotopic (exact) mass is 1340 g/mol. The Kier molecular flexibility index (Phi) is 48.4. The van der Waals surface area contributed by atoms with Crippen molar-refractivity contribution in [3.63, 3.8) is 0 Å². The van der Waals surface area contributed by atoms with Gasteiger partial charge >= 0.3 is 0 Å². The van der Waals surface area contributed by atoms with Gasteiger partial charge in [0.25, 0.3) is 0 Å². The van der Waals surface area contributed by atoms with Gasteiger partial charge < -0.3 is 25.4 Å². The van der Waals surface area contributed by atoms with Crippen molar-refractivity contribution in [1.29, 1.82) is 0 Å². The van der Waals surface area contributed by atoms with Crippen molar-refractivity contribution in [1.82, 2.24) is 30.7 Å². The third-order valence-corrected chi connectivity index (χ3v) is 16.4. The molecule has 9 amide bonds. The number of likely N-dealkylation sites (tertiary alicyclic amines) is 3. The summed E-state index contributed by atoms with van der Waals surface area (Å²) in [5, 5.41) is 8.33. The van der Waals surface area contributed by atoms with Gasteiger partial charge in [-0.2, -0.15) is 0 Å². The predicted octanol–water partition coefficient (Wildman–Crippen LogP) is 9.92. The summed E-state index contributed by atoms with van der Waals surface area (Å²) in [4.78, 5) is 167. The van der Waals surface area contributed by atoms with E-state index in [0.717, 1.165) is 45.1 Å². The highest BCUT2D eigenvalue weighted by Crippen LogP contribution is 2.29. The molecule has 0 radical (unpaired) electrons. The molecule has 3 unspecified atom stereocenters. The second kappa shape index (κ2) is 50.5. The molecule has 95 heavy (non-hydrogen) atoms. The molecule has 3 saturated heterocycles. The van der Waals surface area contributed by atoms with E-state index in [4.69, 9.17) is 9.47 Å². The summed E-state index contributed by atoms with van der Waals surface area (Å²) in [5.74, 6) is 1.20. The van der Waals surface area contributed by atoms with E-state index in [0.29, 0.717) is 102 Å². The van der Waals surface area contributed by atoms with Crippen LogP contribution in [0.5, 0.6) is 0 Å².